The number of hydrazone groups is 1. The van der Waals surface area contributed by atoms with Gasteiger partial charge in [-0.15, -0.1) is 23.1 Å². The van der Waals surface area contributed by atoms with Gasteiger partial charge in [0.1, 0.15) is 0 Å². The molecule has 0 saturated heterocycles. The molecule has 7 heteroatoms. The quantitative estimate of drug-likeness (QED) is 0.723. The number of benzene rings is 1. The maximum atomic E-state index is 11.3. The van der Waals surface area contributed by atoms with E-state index in [0.29, 0.717) is 5.02 Å². The number of aliphatic carboxylic acids is 1. The lowest BCUT2D eigenvalue weighted by molar-refractivity contribution is -0.137. The molecule has 1 unspecified atom stereocenters. The molecule has 1 aliphatic rings. The molecule has 2 N–H and O–H groups in total. The molecule has 0 bridgehead atoms. The Kier molecular flexibility index (Phi) is 5.48. The number of rotatable bonds is 4. The van der Waals surface area contributed by atoms with Crippen LogP contribution in [0.25, 0.3) is 0 Å². The van der Waals surface area contributed by atoms with Gasteiger partial charge < -0.3 is 5.11 Å². The van der Waals surface area contributed by atoms with Crippen molar-refractivity contribution >= 4 is 52.1 Å². The third-order valence-corrected chi connectivity index (χ3v) is 6.38. The summed E-state index contributed by atoms with van der Waals surface area (Å²) in [4.78, 5) is 12.5. The number of nitrogens with one attached hydrogen (secondary N) is 1. The molecule has 1 aromatic heterocycles. The van der Waals surface area contributed by atoms with Crippen LogP contribution in [0.5, 0.6) is 0 Å². The minimum atomic E-state index is -0.792. The fourth-order valence-corrected chi connectivity index (χ4v) is 5.29. The molecule has 0 aliphatic carbocycles. The van der Waals surface area contributed by atoms with Gasteiger partial charge in [0.2, 0.25) is 0 Å². The second-order valence-electron chi connectivity index (χ2n) is 5.61. The lowest BCUT2D eigenvalue weighted by atomic mass is 9.93. The fourth-order valence-electron chi connectivity index (χ4n) is 2.64. The van der Waals surface area contributed by atoms with Crippen LogP contribution in [0.4, 0.5) is 5.69 Å². The van der Waals surface area contributed by atoms with E-state index < -0.39 is 5.97 Å². The van der Waals surface area contributed by atoms with E-state index in [1.807, 2.05) is 12.1 Å². The molecule has 3 rings (SSSR count). The molecule has 0 spiro atoms. The van der Waals surface area contributed by atoms with Crippen LogP contribution in [0, 0.1) is 12.8 Å². The second kappa shape index (κ2) is 7.59. The minimum Gasteiger partial charge on any atom is -0.481 e. The number of thioether (sulfide) groups is 1. The van der Waals surface area contributed by atoms with Gasteiger partial charge in [-0.3, -0.25) is 10.2 Å². The first-order valence-electron chi connectivity index (χ1n) is 7.57. The molecule has 2 aromatic rings. The standard InChI is InChI=1S/C17H17ClN2O2S2/c1-10-8-14-16(20-19-13-4-2-12(18)3-5-13)11(9-15(21)22)6-7-23-17(14)24-10/h2-5,8,11,19H,6-7,9H2,1H3,(H,21,22)/b20-16+. The molecule has 4 nitrogen and oxygen atoms in total. The van der Waals surface area contributed by atoms with Crippen molar-refractivity contribution in [2.75, 3.05) is 11.2 Å². The summed E-state index contributed by atoms with van der Waals surface area (Å²) in [5.41, 5.74) is 5.77. The Morgan fingerprint density at radius 3 is 2.88 bits per heavy atom. The monoisotopic (exact) mass is 380 g/mol. The van der Waals surface area contributed by atoms with Crippen LogP contribution in [0.2, 0.25) is 5.02 Å². The Hall–Kier alpha value is -1.50. The van der Waals surface area contributed by atoms with E-state index >= 15 is 0 Å². The fraction of sp³-hybridized carbons (Fsp3) is 0.294. The lowest BCUT2D eigenvalue weighted by Gasteiger charge is -2.15. The van der Waals surface area contributed by atoms with Crippen molar-refractivity contribution in [3.63, 3.8) is 0 Å². The van der Waals surface area contributed by atoms with E-state index in [1.165, 1.54) is 9.09 Å². The molecule has 2 heterocycles. The predicted molar refractivity (Wildman–Crippen MR) is 102 cm³/mol. The van der Waals surface area contributed by atoms with Crippen molar-refractivity contribution in [3.8, 4) is 0 Å². The summed E-state index contributed by atoms with van der Waals surface area (Å²) < 4.78 is 1.22. The van der Waals surface area contributed by atoms with E-state index in [-0.39, 0.29) is 12.3 Å². The highest BCUT2D eigenvalue weighted by molar-refractivity contribution is 8.01. The third kappa shape index (κ3) is 4.12. The van der Waals surface area contributed by atoms with E-state index in [2.05, 4.69) is 23.5 Å². The zero-order chi connectivity index (χ0) is 17.1. The van der Waals surface area contributed by atoms with E-state index in [9.17, 15) is 9.90 Å². The molecule has 1 aliphatic heterocycles. The van der Waals surface area contributed by atoms with E-state index in [1.54, 1.807) is 35.2 Å². The van der Waals surface area contributed by atoms with Crippen molar-refractivity contribution < 1.29 is 9.90 Å². The second-order valence-corrected chi connectivity index (χ2v) is 8.66. The molecule has 1 atom stereocenters. The summed E-state index contributed by atoms with van der Waals surface area (Å²) in [5, 5.41) is 14.5. The summed E-state index contributed by atoms with van der Waals surface area (Å²) in [6.45, 7) is 2.07. The number of hydrogen-bond acceptors (Lipinski definition) is 5. The number of anilines is 1. The lowest BCUT2D eigenvalue weighted by Crippen LogP contribution is -2.20. The Morgan fingerprint density at radius 2 is 2.17 bits per heavy atom. The first kappa shape index (κ1) is 17.3. The zero-order valence-electron chi connectivity index (χ0n) is 13.1. The molecule has 0 saturated carbocycles. The minimum absolute atomic E-state index is 0.0925. The van der Waals surface area contributed by atoms with E-state index in [4.69, 9.17) is 11.6 Å². The van der Waals surface area contributed by atoms with Crippen LogP contribution >= 0.6 is 34.7 Å². The molecular weight excluding hydrogens is 364 g/mol. The van der Waals surface area contributed by atoms with Gasteiger partial charge in [-0.25, -0.2) is 0 Å². The number of nitrogens with zero attached hydrogens (tertiary/aromatic N) is 1. The predicted octanol–water partition coefficient (Wildman–Crippen LogP) is 5.11. The topological polar surface area (TPSA) is 61.7 Å². The van der Waals surface area contributed by atoms with Gasteiger partial charge in [0.05, 0.1) is 22.0 Å². The average molecular weight is 381 g/mol. The molecule has 1 aromatic carbocycles. The summed E-state index contributed by atoms with van der Waals surface area (Å²) in [7, 11) is 0. The smallest absolute Gasteiger partial charge is 0.304 e. The summed E-state index contributed by atoms with van der Waals surface area (Å²) in [5.74, 6) is 0.0230. The van der Waals surface area contributed by atoms with Gasteiger partial charge >= 0.3 is 5.97 Å². The maximum absolute atomic E-state index is 11.3. The number of thiophene rings is 1. The third-order valence-electron chi connectivity index (χ3n) is 3.75. The number of aryl methyl sites for hydroxylation is 1. The molecule has 0 radical (unpaired) electrons. The highest BCUT2D eigenvalue weighted by atomic mass is 35.5. The highest BCUT2D eigenvalue weighted by Gasteiger charge is 2.27. The van der Waals surface area contributed by atoms with Gasteiger partial charge in [0.25, 0.3) is 0 Å². The van der Waals surface area contributed by atoms with Crippen LogP contribution in [0.3, 0.4) is 0 Å². The van der Waals surface area contributed by atoms with Gasteiger partial charge in [0, 0.05) is 21.4 Å². The molecule has 126 valence electrons. The van der Waals surface area contributed by atoms with Gasteiger partial charge in [-0.2, -0.15) is 5.10 Å². The average Bonchev–Trinajstić information content (AvgIpc) is 2.82. The Bertz CT molecular complexity index is 771. The largest absolute Gasteiger partial charge is 0.481 e. The molecular formula is C17H17ClN2O2S2. The van der Waals surface area contributed by atoms with Gasteiger partial charge in [-0.05, 0) is 49.4 Å². The molecule has 24 heavy (non-hydrogen) atoms. The number of halogens is 1. The first-order valence-corrected chi connectivity index (χ1v) is 9.75. The number of carboxylic acids is 1. The van der Waals surface area contributed by atoms with Gasteiger partial charge in [-0.1, -0.05) is 11.6 Å². The highest BCUT2D eigenvalue weighted by Crippen LogP contribution is 2.38. The summed E-state index contributed by atoms with van der Waals surface area (Å²) in [6, 6.07) is 9.40. The van der Waals surface area contributed by atoms with Crippen molar-refractivity contribution in [2.45, 2.75) is 24.0 Å². The SMILES string of the molecule is Cc1cc2c(s1)SCCC(CC(=O)O)/C2=N\Nc1ccc(Cl)cc1. The number of carboxylic acid groups (broad SMARTS) is 1. The Morgan fingerprint density at radius 1 is 1.42 bits per heavy atom. The van der Waals surface area contributed by atoms with Gasteiger partial charge in [0.15, 0.2) is 0 Å². The van der Waals surface area contributed by atoms with Crippen molar-refractivity contribution in [2.24, 2.45) is 11.0 Å². The van der Waals surface area contributed by atoms with Crippen LogP contribution in [-0.4, -0.2) is 22.5 Å². The number of hydrogen-bond donors (Lipinski definition) is 2. The van der Waals surface area contributed by atoms with Crippen LogP contribution < -0.4 is 5.43 Å². The molecule has 0 amide bonds. The van der Waals surface area contributed by atoms with Crippen molar-refractivity contribution in [1.82, 2.24) is 0 Å². The van der Waals surface area contributed by atoms with Crippen molar-refractivity contribution in [3.05, 3.63) is 45.8 Å². The maximum Gasteiger partial charge on any atom is 0.304 e. The van der Waals surface area contributed by atoms with Crippen molar-refractivity contribution in [1.29, 1.82) is 0 Å². The van der Waals surface area contributed by atoms with E-state index in [0.717, 1.165) is 29.1 Å². The number of fused-ring (bicyclic) bond motifs is 1. The van der Waals surface area contributed by atoms with Crippen LogP contribution in [0.1, 0.15) is 23.3 Å². The zero-order valence-corrected chi connectivity index (χ0v) is 15.5. The Balaban J connectivity index is 1.94. The normalized spacial score (nSPS) is 18.9. The first-order chi connectivity index (χ1) is 11.5. The Labute approximate surface area is 153 Å². The number of carbonyl (C=O) groups is 1. The summed E-state index contributed by atoms with van der Waals surface area (Å²) in [6.07, 6.45) is 0.897. The molecule has 0 fully saturated rings. The summed E-state index contributed by atoms with van der Waals surface area (Å²) >= 11 is 9.43. The van der Waals surface area contributed by atoms with Crippen LogP contribution in [-0.2, 0) is 4.79 Å². The van der Waals surface area contributed by atoms with Crippen LogP contribution in [0.15, 0.2) is 39.6 Å².